The SMILES string of the molecule is COc1ccc(CNC(=O)CC[C@@H]2CCCO2)cn1. The maximum absolute atomic E-state index is 11.7. The minimum atomic E-state index is 0.0614. The lowest BCUT2D eigenvalue weighted by Crippen LogP contribution is -2.23. The average molecular weight is 264 g/mol. The van der Waals surface area contributed by atoms with Gasteiger partial charge in [0.15, 0.2) is 0 Å². The van der Waals surface area contributed by atoms with E-state index >= 15 is 0 Å². The van der Waals surface area contributed by atoms with Gasteiger partial charge in [-0.15, -0.1) is 0 Å². The number of nitrogens with zero attached hydrogens (tertiary/aromatic N) is 1. The van der Waals surface area contributed by atoms with Gasteiger partial charge in [0.25, 0.3) is 0 Å². The molecule has 1 aromatic rings. The van der Waals surface area contributed by atoms with Crippen molar-refractivity contribution in [3.05, 3.63) is 23.9 Å². The van der Waals surface area contributed by atoms with Gasteiger partial charge in [-0.2, -0.15) is 0 Å². The number of carbonyl (C=O) groups is 1. The number of nitrogens with one attached hydrogen (secondary N) is 1. The van der Waals surface area contributed by atoms with Crippen molar-refractivity contribution in [2.45, 2.75) is 38.3 Å². The Labute approximate surface area is 113 Å². The third-order valence-corrected chi connectivity index (χ3v) is 3.21. The van der Waals surface area contributed by atoms with Crippen molar-refractivity contribution in [2.24, 2.45) is 0 Å². The summed E-state index contributed by atoms with van der Waals surface area (Å²) in [6.07, 6.45) is 5.51. The Bertz CT molecular complexity index is 400. The fraction of sp³-hybridized carbons (Fsp3) is 0.571. The number of ether oxygens (including phenoxy) is 2. The Balaban J connectivity index is 1.67. The Kier molecular flexibility index (Phi) is 5.15. The zero-order valence-corrected chi connectivity index (χ0v) is 11.2. The molecule has 5 nitrogen and oxygen atoms in total. The Hall–Kier alpha value is -1.62. The fourth-order valence-electron chi connectivity index (χ4n) is 2.09. The van der Waals surface area contributed by atoms with Crippen LogP contribution >= 0.6 is 0 Å². The molecule has 104 valence electrons. The second-order valence-electron chi connectivity index (χ2n) is 4.66. The first-order chi connectivity index (χ1) is 9.28. The molecule has 1 fully saturated rings. The highest BCUT2D eigenvalue weighted by Gasteiger charge is 2.16. The number of hydrogen-bond donors (Lipinski definition) is 1. The monoisotopic (exact) mass is 264 g/mol. The Morgan fingerprint density at radius 1 is 1.58 bits per heavy atom. The number of rotatable bonds is 6. The first kappa shape index (κ1) is 13.8. The van der Waals surface area contributed by atoms with Gasteiger partial charge in [0.05, 0.1) is 13.2 Å². The molecule has 0 bridgehead atoms. The van der Waals surface area contributed by atoms with Gasteiger partial charge in [0, 0.05) is 31.8 Å². The molecule has 1 aliphatic heterocycles. The Morgan fingerprint density at radius 3 is 3.11 bits per heavy atom. The zero-order chi connectivity index (χ0) is 13.5. The van der Waals surface area contributed by atoms with Crippen LogP contribution < -0.4 is 10.1 Å². The molecule has 1 atom stereocenters. The van der Waals surface area contributed by atoms with Gasteiger partial charge >= 0.3 is 0 Å². The van der Waals surface area contributed by atoms with Crippen LogP contribution in [0.5, 0.6) is 5.88 Å². The maximum Gasteiger partial charge on any atom is 0.220 e. The molecule has 2 heterocycles. The van der Waals surface area contributed by atoms with Crippen LogP contribution in [-0.4, -0.2) is 30.7 Å². The van der Waals surface area contributed by atoms with Crippen LogP contribution in [0.3, 0.4) is 0 Å². The van der Waals surface area contributed by atoms with Crippen molar-refractivity contribution in [3.63, 3.8) is 0 Å². The lowest BCUT2D eigenvalue weighted by molar-refractivity contribution is -0.121. The van der Waals surface area contributed by atoms with E-state index in [0.29, 0.717) is 18.8 Å². The van der Waals surface area contributed by atoms with E-state index in [1.54, 1.807) is 19.4 Å². The minimum Gasteiger partial charge on any atom is -0.481 e. The van der Waals surface area contributed by atoms with E-state index in [1.165, 1.54) is 0 Å². The summed E-state index contributed by atoms with van der Waals surface area (Å²) in [5.41, 5.74) is 0.964. The molecule has 0 aromatic carbocycles. The normalized spacial score (nSPS) is 18.3. The standard InChI is InChI=1S/C14H20N2O3/c1-18-14-7-4-11(10-16-14)9-15-13(17)6-5-12-3-2-8-19-12/h4,7,10,12H,2-3,5-6,8-9H2,1H3,(H,15,17)/t12-/m0/s1. The molecule has 0 aliphatic carbocycles. The van der Waals surface area contributed by atoms with Crippen LogP contribution in [0.15, 0.2) is 18.3 Å². The van der Waals surface area contributed by atoms with E-state index in [0.717, 1.165) is 31.4 Å². The number of hydrogen-bond acceptors (Lipinski definition) is 4. The van der Waals surface area contributed by atoms with Crippen LogP contribution in [0, 0.1) is 0 Å². The molecule has 1 aliphatic rings. The van der Waals surface area contributed by atoms with E-state index in [4.69, 9.17) is 9.47 Å². The third kappa shape index (κ3) is 4.52. The smallest absolute Gasteiger partial charge is 0.220 e. The number of methoxy groups -OCH3 is 1. The van der Waals surface area contributed by atoms with Crippen LogP contribution in [0.4, 0.5) is 0 Å². The highest BCUT2D eigenvalue weighted by molar-refractivity contribution is 5.75. The molecule has 1 N–H and O–H groups in total. The zero-order valence-electron chi connectivity index (χ0n) is 11.2. The summed E-state index contributed by atoms with van der Waals surface area (Å²) in [6.45, 7) is 1.34. The lowest BCUT2D eigenvalue weighted by Gasteiger charge is -2.09. The second-order valence-corrected chi connectivity index (χ2v) is 4.66. The van der Waals surface area contributed by atoms with Crippen LogP contribution in [0.2, 0.25) is 0 Å². The average Bonchev–Trinajstić information content (AvgIpc) is 2.96. The summed E-state index contributed by atoms with van der Waals surface area (Å²) in [5.74, 6) is 0.639. The van der Waals surface area contributed by atoms with E-state index in [-0.39, 0.29) is 12.0 Å². The molecule has 19 heavy (non-hydrogen) atoms. The van der Waals surface area contributed by atoms with Gasteiger partial charge in [0.2, 0.25) is 11.8 Å². The summed E-state index contributed by atoms with van der Waals surface area (Å²) in [7, 11) is 1.58. The second kappa shape index (κ2) is 7.09. The molecule has 0 spiro atoms. The van der Waals surface area contributed by atoms with Gasteiger partial charge in [-0.1, -0.05) is 6.07 Å². The molecule has 2 rings (SSSR count). The number of aromatic nitrogens is 1. The van der Waals surface area contributed by atoms with Gasteiger partial charge in [-0.3, -0.25) is 4.79 Å². The predicted octanol–water partition coefficient (Wildman–Crippen LogP) is 1.67. The molecular weight excluding hydrogens is 244 g/mol. The van der Waals surface area contributed by atoms with E-state index in [2.05, 4.69) is 10.3 Å². The van der Waals surface area contributed by atoms with Crippen LogP contribution in [-0.2, 0) is 16.1 Å². The van der Waals surface area contributed by atoms with Crippen molar-refractivity contribution in [3.8, 4) is 5.88 Å². The van der Waals surface area contributed by atoms with E-state index in [1.807, 2.05) is 6.07 Å². The van der Waals surface area contributed by atoms with E-state index < -0.39 is 0 Å². The molecule has 1 saturated heterocycles. The summed E-state index contributed by atoms with van der Waals surface area (Å²) >= 11 is 0. The molecule has 1 aromatic heterocycles. The van der Waals surface area contributed by atoms with Crippen molar-refractivity contribution in [2.75, 3.05) is 13.7 Å². The number of amides is 1. The third-order valence-electron chi connectivity index (χ3n) is 3.21. The van der Waals surface area contributed by atoms with Gasteiger partial charge in [0.1, 0.15) is 0 Å². The maximum atomic E-state index is 11.7. The summed E-state index contributed by atoms with van der Waals surface area (Å²) in [4.78, 5) is 15.8. The molecule has 0 unspecified atom stereocenters. The predicted molar refractivity (Wildman–Crippen MR) is 70.8 cm³/mol. The summed E-state index contributed by atoms with van der Waals surface area (Å²) < 4.78 is 10.5. The van der Waals surface area contributed by atoms with Gasteiger partial charge in [-0.05, 0) is 24.8 Å². The van der Waals surface area contributed by atoms with Gasteiger partial charge < -0.3 is 14.8 Å². The van der Waals surface area contributed by atoms with Crippen LogP contribution in [0.1, 0.15) is 31.2 Å². The molecule has 5 heteroatoms. The quantitative estimate of drug-likeness (QED) is 0.849. The summed E-state index contributed by atoms with van der Waals surface area (Å²) in [5, 5.41) is 2.89. The molecule has 0 saturated carbocycles. The largest absolute Gasteiger partial charge is 0.481 e. The van der Waals surface area contributed by atoms with Crippen molar-refractivity contribution in [1.82, 2.24) is 10.3 Å². The first-order valence-electron chi connectivity index (χ1n) is 6.65. The topological polar surface area (TPSA) is 60.5 Å². The number of pyridine rings is 1. The van der Waals surface area contributed by atoms with Crippen molar-refractivity contribution in [1.29, 1.82) is 0 Å². The highest BCUT2D eigenvalue weighted by atomic mass is 16.5. The molecular formula is C14H20N2O3. The first-order valence-corrected chi connectivity index (χ1v) is 6.65. The lowest BCUT2D eigenvalue weighted by atomic mass is 10.1. The highest BCUT2D eigenvalue weighted by Crippen LogP contribution is 2.16. The van der Waals surface area contributed by atoms with Crippen molar-refractivity contribution >= 4 is 5.91 Å². The van der Waals surface area contributed by atoms with Crippen LogP contribution in [0.25, 0.3) is 0 Å². The van der Waals surface area contributed by atoms with E-state index in [9.17, 15) is 4.79 Å². The molecule has 0 radical (unpaired) electrons. The Morgan fingerprint density at radius 2 is 2.47 bits per heavy atom. The molecule has 1 amide bonds. The summed E-state index contributed by atoms with van der Waals surface area (Å²) in [6, 6.07) is 3.68. The number of carbonyl (C=O) groups excluding carboxylic acids is 1. The minimum absolute atomic E-state index is 0.0614. The van der Waals surface area contributed by atoms with Crippen molar-refractivity contribution < 1.29 is 14.3 Å². The fourth-order valence-corrected chi connectivity index (χ4v) is 2.09. The van der Waals surface area contributed by atoms with Gasteiger partial charge in [-0.25, -0.2) is 4.98 Å².